The second kappa shape index (κ2) is 5.43. The van der Waals surface area contributed by atoms with Crippen LogP contribution in [-0.4, -0.2) is 6.54 Å². The molecule has 1 aliphatic carbocycles. The molecule has 2 heteroatoms. The summed E-state index contributed by atoms with van der Waals surface area (Å²) < 4.78 is 0. The van der Waals surface area contributed by atoms with Gasteiger partial charge in [0.2, 0.25) is 0 Å². The molecule has 0 saturated heterocycles. The Morgan fingerprint density at radius 3 is 2.75 bits per heavy atom. The molecule has 20 heavy (non-hydrogen) atoms. The van der Waals surface area contributed by atoms with Crippen LogP contribution in [0.3, 0.4) is 0 Å². The molecule has 2 aromatic carbocycles. The molecule has 1 atom stereocenters. The third-order valence-electron chi connectivity index (χ3n) is 4.02. The van der Waals surface area contributed by atoms with Crippen LogP contribution >= 0.6 is 11.6 Å². The van der Waals surface area contributed by atoms with Gasteiger partial charge in [-0.3, -0.25) is 0 Å². The van der Waals surface area contributed by atoms with Crippen LogP contribution in [0.2, 0.25) is 5.02 Å². The van der Waals surface area contributed by atoms with Gasteiger partial charge < -0.3 is 5.73 Å². The lowest BCUT2D eigenvalue weighted by atomic mass is 9.84. The van der Waals surface area contributed by atoms with Gasteiger partial charge in [-0.2, -0.15) is 0 Å². The normalized spacial score (nSPS) is 17.1. The van der Waals surface area contributed by atoms with Crippen LogP contribution in [0.1, 0.15) is 16.7 Å². The Morgan fingerprint density at radius 1 is 1.20 bits per heavy atom. The molecule has 0 saturated carbocycles. The Hall–Kier alpha value is -1.57. The van der Waals surface area contributed by atoms with E-state index in [4.69, 9.17) is 17.3 Å². The van der Waals surface area contributed by atoms with Gasteiger partial charge in [0, 0.05) is 10.6 Å². The average molecular weight is 284 g/mol. The number of hydrogen-bond donors (Lipinski definition) is 1. The molecular formula is C18H18ClN. The zero-order chi connectivity index (χ0) is 14.1. The highest BCUT2D eigenvalue weighted by atomic mass is 35.5. The minimum absolute atomic E-state index is 0.423. The fourth-order valence-electron chi connectivity index (χ4n) is 2.93. The van der Waals surface area contributed by atoms with Crippen molar-refractivity contribution in [1.82, 2.24) is 0 Å². The van der Waals surface area contributed by atoms with Crippen molar-refractivity contribution in [2.45, 2.75) is 13.3 Å². The lowest BCUT2D eigenvalue weighted by Crippen LogP contribution is -2.17. The Balaban J connectivity index is 2.20. The monoisotopic (exact) mass is 283 g/mol. The summed E-state index contributed by atoms with van der Waals surface area (Å²) in [4.78, 5) is 0. The number of halogens is 1. The lowest BCUT2D eigenvalue weighted by molar-refractivity contribution is 0.656. The minimum Gasteiger partial charge on any atom is -0.330 e. The van der Waals surface area contributed by atoms with Gasteiger partial charge >= 0.3 is 0 Å². The van der Waals surface area contributed by atoms with E-state index in [0.29, 0.717) is 12.5 Å². The Morgan fingerprint density at radius 2 is 2.00 bits per heavy atom. The fourth-order valence-corrected chi connectivity index (χ4v) is 3.25. The van der Waals surface area contributed by atoms with Gasteiger partial charge in [-0.25, -0.2) is 0 Å². The molecule has 102 valence electrons. The standard InChI is InChI=1S/C18H18ClN/c1-12-4-2-7-17(19)18(12)15-6-3-5-14-9-8-13(11-20)10-16(14)15/h2-9,13H,10-11,20H2,1H3/t13-/m0/s1. The van der Waals surface area contributed by atoms with Crippen molar-refractivity contribution >= 4 is 17.7 Å². The van der Waals surface area contributed by atoms with Crippen LogP contribution in [-0.2, 0) is 6.42 Å². The minimum atomic E-state index is 0.423. The number of rotatable bonds is 2. The van der Waals surface area contributed by atoms with E-state index in [9.17, 15) is 0 Å². The topological polar surface area (TPSA) is 26.0 Å². The second-order valence-corrected chi connectivity index (χ2v) is 5.77. The summed E-state index contributed by atoms with van der Waals surface area (Å²) in [6.07, 6.45) is 5.39. The molecule has 0 amide bonds. The third-order valence-corrected chi connectivity index (χ3v) is 4.34. The van der Waals surface area contributed by atoms with Crippen molar-refractivity contribution < 1.29 is 0 Å². The number of fused-ring (bicyclic) bond motifs is 1. The highest BCUT2D eigenvalue weighted by Gasteiger charge is 2.18. The molecule has 1 nitrogen and oxygen atoms in total. The first-order valence-electron chi connectivity index (χ1n) is 6.96. The van der Waals surface area contributed by atoms with Crippen molar-refractivity contribution in [3.63, 3.8) is 0 Å². The Bertz CT molecular complexity index is 653. The number of hydrogen-bond acceptors (Lipinski definition) is 1. The molecular weight excluding hydrogens is 266 g/mol. The van der Waals surface area contributed by atoms with Crippen LogP contribution < -0.4 is 5.73 Å². The maximum atomic E-state index is 6.43. The molecule has 2 N–H and O–H groups in total. The molecule has 1 aliphatic rings. The summed E-state index contributed by atoms with van der Waals surface area (Å²) in [5.74, 6) is 0.423. The summed E-state index contributed by atoms with van der Waals surface area (Å²) in [6, 6.07) is 12.5. The molecule has 0 fully saturated rings. The van der Waals surface area contributed by atoms with E-state index < -0.39 is 0 Å². The fraction of sp³-hybridized carbons (Fsp3) is 0.222. The maximum absolute atomic E-state index is 6.43. The first-order valence-corrected chi connectivity index (χ1v) is 7.34. The van der Waals surface area contributed by atoms with E-state index in [-0.39, 0.29) is 0 Å². The molecule has 3 rings (SSSR count). The average Bonchev–Trinajstić information content (AvgIpc) is 2.47. The third kappa shape index (κ3) is 2.28. The molecule has 0 heterocycles. The second-order valence-electron chi connectivity index (χ2n) is 5.36. The first-order chi connectivity index (χ1) is 9.70. The Labute approximate surface area is 125 Å². The van der Waals surface area contributed by atoms with Crippen LogP contribution in [0, 0.1) is 12.8 Å². The van der Waals surface area contributed by atoms with Crippen LogP contribution in [0.4, 0.5) is 0 Å². The first kappa shape index (κ1) is 13.4. The van der Waals surface area contributed by atoms with Crippen molar-refractivity contribution in [2.75, 3.05) is 6.54 Å². The molecule has 2 aromatic rings. The molecule has 0 aliphatic heterocycles. The van der Waals surface area contributed by atoms with Gasteiger partial charge in [0.1, 0.15) is 0 Å². The zero-order valence-corrected chi connectivity index (χ0v) is 12.3. The summed E-state index contributed by atoms with van der Waals surface area (Å²) in [6.45, 7) is 2.80. The van der Waals surface area contributed by atoms with E-state index in [1.54, 1.807) is 0 Å². The van der Waals surface area contributed by atoms with Gasteiger partial charge in [-0.05, 0) is 54.1 Å². The van der Waals surface area contributed by atoms with E-state index in [0.717, 1.165) is 17.0 Å². The molecule has 0 unspecified atom stereocenters. The van der Waals surface area contributed by atoms with Gasteiger partial charge in [0.25, 0.3) is 0 Å². The van der Waals surface area contributed by atoms with Crippen molar-refractivity contribution in [3.05, 3.63) is 64.2 Å². The van der Waals surface area contributed by atoms with Crippen LogP contribution in [0.25, 0.3) is 17.2 Å². The summed E-state index contributed by atoms with van der Waals surface area (Å²) in [7, 11) is 0. The number of benzene rings is 2. The molecule has 0 radical (unpaired) electrons. The zero-order valence-electron chi connectivity index (χ0n) is 11.6. The van der Waals surface area contributed by atoms with Gasteiger partial charge in [0.05, 0.1) is 0 Å². The van der Waals surface area contributed by atoms with E-state index in [2.05, 4.69) is 43.3 Å². The predicted molar refractivity (Wildman–Crippen MR) is 86.9 cm³/mol. The highest BCUT2D eigenvalue weighted by Crippen LogP contribution is 2.37. The lowest BCUT2D eigenvalue weighted by Gasteiger charge is -2.22. The maximum Gasteiger partial charge on any atom is 0.0487 e. The van der Waals surface area contributed by atoms with Crippen LogP contribution in [0.15, 0.2) is 42.5 Å². The molecule has 0 spiro atoms. The van der Waals surface area contributed by atoms with Crippen LogP contribution in [0.5, 0.6) is 0 Å². The molecule has 0 aromatic heterocycles. The summed E-state index contributed by atoms with van der Waals surface area (Å²) in [5.41, 5.74) is 12.1. The van der Waals surface area contributed by atoms with Gasteiger partial charge in [0.15, 0.2) is 0 Å². The van der Waals surface area contributed by atoms with Gasteiger partial charge in [-0.1, -0.05) is 54.1 Å². The van der Waals surface area contributed by atoms with Crippen molar-refractivity contribution in [2.24, 2.45) is 11.7 Å². The van der Waals surface area contributed by atoms with E-state index in [1.165, 1.54) is 22.3 Å². The van der Waals surface area contributed by atoms with E-state index in [1.807, 2.05) is 12.1 Å². The Kier molecular flexibility index (Phi) is 3.64. The SMILES string of the molecule is Cc1cccc(Cl)c1-c1cccc2c1C[C@@H](CN)C=C2. The number of nitrogens with two attached hydrogens (primary N) is 1. The summed E-state index contributed by atoms with van der Waals surface area (Å²) >= 11 is 6.43. The number of aryl methyl sites for hydroxylation is 1. The smallest absolute Gasteiger partial charge is 0.0487 e. The quantitative estimate of drug-likeness (QED) is 0.865. The van der Waals surface area contributed by atoms with Crippen molar-refractivity contribution in [3.8, 4) is 11.1 Å². The van der Waals surface area contributed by atoms with E-state index >= 15 is 0 Å². The highest BCUT2D eigenvalue weighted by molar-refractivity contribution is 6.33. The largest absolute Gasteiger partial charge is 0.330 e. The van der Waals surface area contributed by atoms with Crippen molar-refractivity contribution in [1.29, 1.82) is 0 Å². The summed E-state index contributed by atoms with van der Waals surface area (Å²) in [5, 5.41) is 0.817. The predicted octanol–water partition coefficient (Wildman–Crippen LogP) is 4.46. The van der Waals surface area contributed by atoms with Gasteiger partial charge in [-0.15, -0.1) is 0 Å². The molecule has 0 bridgehead atoms.